The molecule has 0 bridgehead atoms. The van der Waals surface area contributed by atoms with Gasteiger partial charge in [0.2, 0.25) is 0 Å². The second-order valence-electron chi connectivity index (χ2n) is 25.6. The molecule has 488 valence electrons. The summed E-state index contributed by atoms with van der Waals surface area (Å²) in [5, 5.41) is 0. The zero-order chi connectivity index (χ0) is 59.9. The van der Waals surface area contributed by atoms with Gasteiger partial charge in [0.15, 0.2) is 6.10 Å². The zero-order valence-electron chi connectivity index (χ0n) is 56.2. The van der Waals surface area contributed by atoms with Crippen molar-refractivity contribution in [3.05, 3.63) is 36.5 Å². The molecule has 0 aliphatic rings. The van der Waals surface area contributed by atoms with Crippen molar-refractivity contribution in [2.75, 3.05) is 13.2 Å². The molecule has 0 aromatic rings. The largest absolute Gasteiger partial charge is 0.462 e. The van der Waals surface area contributed by atoms with Gasteiger partial charge in [-0.3, -0.25) is 14.4 Å². The Hall–Kier alpha value is -2.37. The normalized spacial score (nSPS) is 12.2. The van der Waals surface area contributed by atoms with E-state index < -0.39 is 6.10 Å². The van der Waals surface area contributed by atoms with Crippen LogP contribution in [0.2, 0.25) is 0 Å². The van der Waals surface area contributed by atoms with Gasteiger partial charge < -0.3 is 14.2 Å². The summed E-state index contributed by atoms with van der Waals surface area (Å²) in [6.07, 6.45) is 90.7. The topological polar surface area (TPSA) is 78.9 Å². The van der Waals surface area contributed by atoms with E-state index in [-0.39, 0.29) is 31.1 Å². The van der Waals surface area contributed by atoms with E-state index in [9.17, 15) is 14.4 Å². The highest BCUT2D eigenvalue weighted by atomic mass is 16.6. The highest BCUT2D eigenvalue weighted by Crippen LogP contribution is 2.19. The number of carbonyl (C=O) groups excluding carboxylic acids is 3. The van der Waals surface area contributed by atoms with Crippen LogP contribution >= 0.6 is 0 Å². The Bertz CT molecular complexity index is 1380. The minimum atomic E-state index is -0.779. The number of allylic oxidation sites excluding steroid dienone is 6. The molecule has 0 fully saturated rings. The fraction of sp³-hybridized carbons (Fsp3) is 0.883. The summed E-state index contributed by atoms with van der Waals surface area (Å²) in [6, 6.07) is 0. The maximum Gasteiger partial charge on any atom is 0.306 e. The molecule has 0 amide bonds. The highest BCUT2D eigenvalue weighted by molar-refractivity contribution is 5.71. The molecule has 0 N–H and O–H groups in total. The smallest absolute Gasteiger partial charge is 0.306 e. The zero-order valence-corrected chi connectivity index (χ0v) is 56.2. The van der Waals surface area contributed by atoms with Crippen molar-refractivity contribution in [3.63, 3.8) is 0 Å². The molecule has 83 heavy (non-hydrogen) atoms. The predicted molar refractivity (Wildman–Crippen MR) is 362 cm³/mol. The van der Waals surface area contributed by atoms with Gasteiger partial charge in [0.05, 0.1) is 0 Å². The van der Waals surface area contributed by atoms with E-state index in [0.29, 0.717) is 19.3 Å². The number of rotatable bonds is 70. The SMILES string of the molecule is CCCCC/C=C\CCCCCCCC(=O)OCC(COC(=O)CCCCCCCCCCCCCCCCCCCCCCCCCCCCCCCCCCCCC)OC(=O)CCCCCCCCC/C=C\C/C=C\CCCCCC. The molecule has 0 saturated carbocycles. The average molecular weight is 1170 g/mol. The standard InChI is InChI=1S/C77H144O6/c1-4-7-10-13-16-19-22-25-27-29-31-32-33-34-35-36-37-38-39-40-41-42-43-44-45-46-47-49-50-52-55-58-61-64-67-70-76(79)82-73-74(72-81-75(78)69-66-63-60-57-54-24-21-18-15-12-9-6-3)83-77(80)71-68-65-62-59-56-53-51-48-30-28-26-23-20-17-14-11-8-5-2/h18,20-21,23,28,30,74H,4-17,19,22,24-27,29,31-73H2,1-3H3/b21-18-,23-20-,30-28-. The van der Waals surface area contributed by atoms with E-state index >= 15 is 0 Å². The molecule has 0 spiro atoms. The quantitative estimate of drug-likeness (QED) is 0.0261. The van der Waals surface area contributed by atoms with Crippen LogP contribution in [0.1, 0.15) is 419 Å². The fourth-order valence-corrected chi connectivity index (χ4v) is 11.5. The lowest BCUT2D eigenvalue weighted by Gasteiger charge is -2.18. The summed E-state index contributed by atoms with van der Waals surface area (Å²) >= 11 is 0. The monoisotopic (exact) mass is 1170 g/mol. The second kappa shape index (κ2) is 72.1. The Morgan fingerprint density at radius 2 is 0.434 bits per heavy atom. The fourth-order valence-electron chi connectivity index (χ4n) is 11.5. The third kappa shape index (κ3) is 70.3. The number of ether oxygens (including phenoxy) is 3. The molecular weight excluding hydrogens is 1020 g/mol. The predicted octanol–water partition coefficient (Wildman–Crippen LogP) is 25.9. The first kappa shape index (κ1) is 80.6. The molecule has 0 aliphatic heterocycles. The van der Waals surface area contributed by atoms with Crippen LogP contribution in [0.15, 0.2) is 36.5 Å². The molecule has 0 aliphatic carbocycles. The van der Waals surface area contributed by atoms with Crippen LogP contribution in [-0.4, -0.2) is 37.2 Å². The lowest BCUT2D eigenvalue weighted by Crippen LogP contribution is -2.30. The van der Waals surface area contributed by atoms with E-state index in [1.54, 1.807) is 0 Å². The summed E-state index contributed by atoms with van der Waals surface area (Å²) in [4.78, 5) is 38.4. The lowest BCUT2D eigenvalue weighted by atomic mass is 10.0. The molecule has 1 atom stereocenters. The molecule has 0 saturated heterocycles. The van der Waals surface area contributed by atoms with Gasteiger partial charge in [-0.05, 0) is 77.0 Å². The molecular formula is C77H144O6. The van der Waals surface area contributed by atoms with Crippen LogP contribution in [0.5, 0.6) is 0 Å². The van der Waals surface area contributed by atoms with E-state index in [2.05, 4.69) is 57.2 Å². The summed E-state index contributed by atoms with van der Waals surface area (Å²) in [6.45, 7) is 6.66. The van der Waals surface area contributed by atoms with Crippen molar-refractivity contribution in [2.45, 2.75) is 425 Å². The number of hydrogen-bond acceptors (Lipinski definition) is 6. The van der Waals surface area contributed by atoms with Crippen molar-refractivity contribution in [3.8, 4) is 0 Å². The highest BCUT2D eigenvalue weighted by Gasteiger charge is 2.20. The Labute approximate surface area is 518 Å². The van der Waals surface area contributed by atoms with Crippen LogP contribution < -0.4 is 0 Å². The van der Waals surface area contributed by atoms with Gasteiger partial charge in [0.25, 0.3) is 0 Å². The molecule has 0 aromatic heterocycles. The number of esters is 3. The van der Waals surface area contributed by atoms with Gasteiger partial charge in [-0.15, -0.1) is 0 Å². The molecule has 0 aromatic carbocycles. The van der Waals surface area contributed by atoms with Gasteiger partial charge >= 0.3 is 17.9 Å². The van der Waals surface area contributed by atoms with Crippen molar-refractivity contribution < 1.29 is 28.6 Å². The minimum Gasteiger partial charge on any atom is -0.462 e. The average Bonchev–Trinajstić information content (AvgIpc) is 3.49. The minimum absolute atomic E-state index is 0.0738. The van der Waals surface area contributed by atoms with Gasteiger partial charge in [-0.1, -0.05) is 359 Å². The summed E-state index contributed by atoms with van der Waals surface area (Å²) in [5.74, 6) is -0.865. The Kier molecular flexibility index (Phi) is 70.0. The van der Waals surface area contributed by atoms with Crippen LogP contribution in [0, 0.1) is 0 Å². The van der Waals surface area contributed by atoms with Gasteiger partial charge in [-0.25, -0.2) is 0 Å². The van der Waals surface area contributed by atoms with Gasteiger partial charge in [0.1, 0.15) is 13.2 Å². The van der Waals surface area contributed by atoms with Crippen LogP contribution in [-0.2, 0) is 28.6 Å². The molecule has 6 nitrogen and oxygen atoms in total. The molecule has 0 rings (SSSR count). The maximum absolute atomic E-state index is 12.9. The molecule has 0 radical (unpaired) electrons. The lowest BCUT2D eigenvalue weighted by molar-refractivity contribution is -0.167. The van der Waals surface area contributed by atoms with E-state index in [1.165, 1.54) is 302 Å². The summed E-state index contributed by atoms with van der Waals surface area (Å²) in [7, 11) is 0. The molecule has 6 heteroatoms. The Morgan fingerprint density at radius 3 is 0.711 bits per heavy atom. The Morgan fingerprint density at radius 1 is 0.241 bits per heavy atom. The molecule has 1 unspecified atom stereocenters. The third-order valence-corrected chi connectivity index (χ3v) is 17.1. The Balaban J connectivity index is 4.05. The van der Waals surface area contributed by atoms with E-state index in [4.69, 9.17) is 14.2 Å². The first-order chi connectivity index (χ1) is 41.0. The van der Waals surface area contributed by atoms with Crippen molar-refractivity contribution in [1.29, 1.82) is 0 Å². The summed E-state index contributed by atoms with van der Waals surface area (Å²) < 4.78 is 17.0. The molecule has 0 heterocycles. The van der Waals surface area contributed by atoms with Gasteiger partial charge in [0, 0.05) is 19.3 Å². The number of hydrogen-bond donors (Lipinski definition) is 0. The maximum atomic E-state index is 12.9. The van der Waals surface area contributed by atoms with E-state index in [1.807, 2.05) is 0 Å². The first-order valence-electron chi connectivity index (χ1n) is 37.5. The second-order valence-corrected chi connectivity index (χ2v) is 25.6. The van der Waals surface area contributed by atoms with Crippen molar-refractivity contribution >= 4 is 17.9 Å². The summed E-state index contributed by atoms with van der Waals surface area (Å²) in [5.41, 5.74) is 0. The number of carbonyl (C=O) groups is 3. The van der Waals surface area contributed by atoms with Crippen molar-refractivity contribution in [1.82, 2.24) is 0 Å². The van der Waals surface area contributed by atoms with Crippen LogP contribution in [0.4, 0.5) is 0 Å². The van der Waals surface area contributed by atoms with Crippen molar-refractivity contribution in [2.24, 2.45) is 0 Å². The first-order valence-corrected chi connectivity index (χ1v) is 37.5. The van der Waals surface area contributed by atoms with Crippen LogP contribution in [0.25, 0.3) is 0 Å². The van der Waals surface area contributed by atoms with E-state index in [0.717, 1.165) is 77.0 Å². The van der Waals surface area contributed by atoms with Gasteiger partial charge in [-0.2, -0.15) is 0 Å². The number of unbranched alkanes of at least 4 members (excludes halogenated alkanes) is 53. The third-order valence-electron chi connectivity index (χ3n) is 17.1. The van der Waals surface area contributed by atoms with Crippen LogP contribution in [0.3, 0.4) is 0 Å².